The van der Waals surface area contributed by atoms with Crippen molar-refractivity contribution in [2.75, 3.05) is 6.61 Å². The minimum absolute atomic E-state index is 0.364. The van der Waals surface area contributed by atoms with E-state index in [2.05, 4.69) is 5.92 Å². The van der Waals surface area contributed by atoms with E-state index in [1.165, 1.54) is 25.7 Å². The van der Waals surface area contributed by atoms with Crippen molar-refractivity contribution in [3.05, 3.63) is 0 Å². The average Bonchev–Trinajstić information content (AvgIpc) is 2.19. The van der Waals surface area contributed by atoms with Crippen LogP contribution in [0.25, 0.3) is 0 Å². The van der Waals surface area contributed by atoms with Gasteiger partial charge in [-0.2, -0.15) is 0 Å². The quantitative estimate of drug-likeness (QED) is 0.687. The van der Waals surface area contributed by atoms with Gasteiger partial charge in [0.2, 0.25) is 0 Å². The summed E-state index contributed by atoms with van der Waals surface area (Å²) in [7, 11) is 0. The second-order valence-corrected chi connectivity index (χ2v) is 4.00. The van der Waals surface area contributed by atoms with Crippen LogP contribution in [0.3, 0.4) is 0 Å². The van der Waals surface area contributed by atoms with E-state index in [0.29, 0.717) is 12.5 Å². The minimum atomic E-state index is -0.833. The Hall–Kier alpha value is -1.01. The summed E-state index contributed by atoms with van der Waals surface area (Å²) < 4.78 is 0. The molecule has 1 fully saturated rings. The van der Waals surface area contributed by atoms with Crippen LogP contribution in [0.2, 0.25) is 0 Å². The second-order valence-electron chi connectivity index (χ2n) is 4.00. The second kappa shape index (κ2) is 8.31. The van der Waals surface area contributed by atoms with Crippen LogP contribution in [0, 0.1) is 24.2 Å². The number of aliphatic carboxylic acids is 1. The topological polar surface area (TPSA) is 57.5 Å². The van der Waals surface area contributed by atoms with E-state index in [-0.39, 0.29) is 0 Å². The van der Waals surface area contributed by atoms with Gasteiger partial charge in [-0.25, -0.2) is 0 Å². The molecule has 0 unspecified atom stereocenters. The molecule has 86 valence electrons. The lowest BCUT2D eigenvalue weighted by Gasteiger charge is -2.25. The van der Waals surface area contributed by atoms with E-state index in [1.807, 2.05) is 0 Å². The van der Waals surface area contributed by atoms with Crippen LogP contribution in [0.5, 0.6) is 0 Å². The first kappa shape index (κ1) is 14.0. The fourth-order valence-corrected chi connectivity index (χ4v) is 1.78. The Morgan fingerprint density at radius 3 is 2.07 bits per heavy atom. The van der Waals surface area contributed by atoms with Crippen LogP contribution in [0.4, 0.5) is 0 Å². The molecule has 1 aliphatic rings. The Kier molecular flexibility index (Phi) is 7.75. The van der Waals surface area contributed by atoms with E-state index in [1.54, 1.807) is 0 Å². The van der Waals surface area contributed by atoms with Crippen molar-refractivity contribution in [3.63, 3.8) is 0 Å². The fraction of sp³-hybridized carbons (Fsp3) is 0.750. The highest BCUT2D eigenvalue weighted by atomic mass is 16.4. The van der Waals surface area contributed by atoms with Gasteiger partial charge in [-0.3, -0.25) is 4.79 Å². The first-order valence-corrected chi connectivity index (χ1v) is 5.34. The van der Waals surface area contributed by atoms with Gasteiger partial charge in [0.05, 0.1) is 0 Å². The number of carboxylic acids is 1. The molecule has 15 heavy (non-hydrogen) atoms. The number of rotatable bonds is 2. The maximum atomic E-state index is 9.00. The summed E-state index contributed by atoms with van der Waals surface area (Å²) in [6, 6.07) is 0. The number of hydrogen-bond donors (Lipinski definition) is 2. The minimum Gasteiger partial charge on any atom is -0.481 e. The van der Waals surface area contributed by atoms with Crippen molar-refractivity contribution < 1.29 is 15.0 Å². The molecule has 0 spiro atoms. The zero-order chi connectivity index (χ0) is 11.7. The third kappa shape index (κ3) is 8.02. The average molecular weight is 212 g/mol. The molecule has 1 saturated carbocycles. The molecule has 0 aromatic rings. The monoisotopic (exact) mass is 212 g/mol. The molecule has 2 N–H and O–H groups in total. The smallest absolute Gasteiger partial charge is 0.300 e. The number of aliphatic hydroxyl groups excluding tert-OH is 1. The third-order valence-electron chi connectivity index (χ3n) is 2.63. The molecule has 1 rings (SSSR count). The van der Waals surface area contributed by atoms with Gasteiger partial charge in [-0.05, 0) is 37.5 Å². The molecule has 0 aliphatic heterocycles. The standard InChI is InChI=1S/C10H16O.C2H4O2/c1-2-3-9-4-6-10(8-11)7-5-9;1-2(3)4/h1,9-11H,3-8H2;1H3,(H,3,4). The van der Waals surface area contributed by atoms with Gasteiger partial charge < -0.3 is 10.2 Å². The third-order valence-corrected chi connectivity index (χ3v) is 2.63. The van der Waals surface area contributed by atoms with Crippen molar-refractivity contribution in [1.29, 1.82) is 0 Å². The van der Waals surface area contributed by atoms with Gasteiger partial charge in [0.15, 0.2) is 0 Å². The molecule has 3 nitrogen and oxygen atoms in total. The van der Waals surface area contributed by atoms with Crippen LogP contribution < -0.4 is 0 Å². The number of carboxylic acid groups (broad SMARTS) is 1. The lowest BCUT2D eigenvalue weighted by atomic mass is 9.81. The molecule has 0 amide bonds. The van der Waals surface area contributed by atoms with Crippen LogP contribution in [-0.4, -0.2) is 22.8 Å². The zero-order valence-corrected chi connectivity index (χ0v) is 9.28. The predicted octanol–water partition coefficient (Wildman–Crippen LogP) is 1.90. The molecule has 0 aromatic carbocycles. The Balaban J connectivity index is 0.000000423. The zero-order valence-electron chi connectivity index (χ0n) is 9.28. The Morgan fingerprint density at radius 2 is 1.73 bits per heavy atom. The molecule has 0 bridgehead atoms. The molecular formula is C12H20O3. The molecule has 0 heterocycles. The van der Waals surface area contributed by atoms with Crippen molar-refractivity contribution in [3.8, 4) is 12.3 Å². The van der Waals surface area contributed by atoms with Crippen molar-refractivity contribution >= 4 is 5.97 Å². The van der Waals surface area contributed by atoms with E-state index in [0.717, 1.165) is 19.3 Å². The van der Waals surface area contributed by atoms with Crippen LogP contribution in [0.1, 0.15) is 39.0 Å². The summed E-state index contributed by atoms with van der Waals surface area (Å²) in [6.07, 6.45) is 10.9. The van der Waals surface area contributed by atoms with Crippen molar-refractivity contribution in [1.82, 2.24) is 0 Å². The highest BCUT2D eigenvalue weighted by Crippen LogP contribution is 2.29. The molecule has 3 heteroatoms. The Labute approximate surface area is 91.5 Å². The normalized spacial score (nSPS) is 24.6. The fourth-order valence-electron chi connectivity index (χ4n) is 1.78. The summed E-state index contributed by atoms with van der Waals surface area (Å²) in [5, 5.41) is 16.3. The Bertz CT molecular complexity index is 205. The Morgan fingerprint density at radius 1 is 1.33 bits per heavy atom. The van der Waals surface area contributed by atoms with Gasteiger partial charge in [-0.15, -0.1) is 12.3 Å². The van der Waals surface area contributed by atoms with E-state index in [4.69, 9.17) is 21.4 Å². The lowest BCUT2D eigenvalue weighted by molar-refractivity contribution is -0.134. The maximum absolute atomic E-state index is 9.00. The van der Waals surface area contributed by atoms with Gasteiger partial charge in [0, 0.05) is 20.0 Å². The van der Waals surface area contributed by atoms with E-state index in [9.17, 15) is 0 Å². The van der Waals surface area contributed by atoms with Crippen LogP contribution >= 0.6 is 0 Å². The molecule has 0 saturated heterocycles. The molecule has 0 aromatic heterocycles. The summed E-state index contributed by atoms with van der Waals surface area (Å²) in [5.41, 5.74) is 0. The summed E-state index contributed by atoms with van der Waals surface area (Å²) in [5.74, 6) is 3.17. The summed E-state index contributed by atoms with van der Waals surface area (Å²) in [6.45, 7) is 1.45. The number of carbonyl (C=O) groups is 1. The highest BCUT2D eigenvalue weighted by Gasteiger charge is 2.19. The highest BCUT2D eigenvalue weighted by molar-refractivity contribution is 5.62. The first-order chi connectivity index (χ1) is 7.10. The lowest BCUT2D eigenvalue weighted by Crippen LogP contribution is -2.16. The van der Waals surface area contributed by atoms with Gasteiger partial charge in [0.25, 0.3) is 5.97 Å². The van der Waals surface area contributed by atoms with Crippen molar-refractivity contribution in [2.45, 2.75) is 39.0 Å². The maximum Gasteiger partial charge on any atom is 0.300 e. The van der Waals surface area contributed by atoms with Gasteiger partial charge >= 0.3 is 0 Å². The molecule has 0 atom stereocenters. The van der Waals surface area contributed by atoms with Gasteiger partial charge in [0.1, 0.15) is 0 Å². The van der Waals surface area contributed by atoms with E-state index < -0.39 is 5.97 Å². The SMILES string of the molecule is C#CCC1CCC(CO)CC1.CC(=O)O. The number of hydrogen-bond acceptors (Lipinski definition) is 2. The summed E-state index contributed by atoms with van der Waals surface area (Å²) >= 11 is 0. The number of aliphatic hydroxyl groups is 1. The van der Waals surface area contributed by atoms with E-state index >= 15 is 0 Å². The molecular weight excluding hydrogens is 192 g/mol. The number of terminal acetylenes is 1. The van der Waals surface area contributed by atoms with Crippen LogP contribution in [-0.2, 0) is 4.79 Å². The summed E-state index contributed by atoms with van der Waals surface area (Å²) in [4.78, 5) is 9.00. The predicted molar refractivity (Wildman–Crippen MR) is 59.3 cm³/mol. The molecule has 1 aliphatic carbocycles. The molecule has 0 radical (unpaired) electrons. The first-order valence-electron chi connectivity index (χ1n) is 5.34. The largest absolute Gasteiger partial charge is 0.481 e. The van der Waals surface area contributed by atoms with Crippen molar-refractivity contribution in [2.24, 2.45) is 11.8 Å². The van der Waals surface area contributed by atoms with Gasteiger partial charge in [-0.1, -0.05) is 0 Å². The van der Waals surface area contributed by atoms with Crippen LogP contribution in [0.15, 0.2) is 0 Å².